The van der Waals surface area contributed by atoms with Crippen LogP contribution in [0.1, 0.15) is 39.0 Å². The van der Waals surface area contributed by atoms with Gasteiger partial charge in [-0.05, 0) is 39.2 Å². The highest BCUT2D eigenvalue weighted by Gasteiger charge is 2.23. The first-order valence-corrected chi connectivity index (χ1v) is 5.15. The third-order valence-corrected chi connectivity index (χ3v) is 2.63. The van der Waals surface area contributed by atoms with Crippen LogP contribution < -0.4 is 5.32 Å². The van der Waals surface area contributed by atoms with Gasteiger partial charge in [-0.15, -0.1) is 0 Å². The molecule has 0 aromatic heterocycles. The summed E-state index contributed by atoms with van der Waals surface area (Å²) < 4.78 is 5.35. The average molecular weight is 185 g/mol. The van der Waals surface area contributed by atoms with E-state index in [1.165, 1.54) is 12.8 Å². The smallest absolute Gasteiger partial charge is 0.323 e. The molecule has 1 aliphatic rings. The van der Waals surface area contributed by atoms with Gasteiger partial charge in [-0.1, -0.05) is 6.92 Å². The molecule has 0 aromatic rings. The molecule has 1 saturated carbocycles. The van der Waals surface area contributed by atoms with Crippen molar-refractivity contribution in [3.8, 4) is 0 Å². The number of nitrogens with one attached hydrogen (secondary N) is 1. The van der Waals surface area contributed by atoms with E-state index in [-0.39, 0.29) is 18.1 Å². The zero-order valence-electron chi connectivity index (χ0n) is 8.51. The lowest BCUT2D eigenvalue weighted by Gasteiger charge is -2.16. The summed E-state index contributed by atoms with van der Waals surface area (Å²) in [6.45, 7) is 1.98. The largest absolute Gasteiger partial charge is 0.461 e. The van der Waals surface area contributed by atoms with Crippen molar-refractivity contribution in [2.24, 2.45) is 0 Å². The molecule has 1 unspecified atom stereocenters. The summed E-state index contributed by atoms with van der Waals surface area (Å²) in [5.41, 5.74) is 0. The Morgan fingerprint density at radius 1 is 1.54 bits per heavy atom. The summed E-state index contributed by atoms with van der Waals surface area (Å²) in [5, 5.41) is 2.95. The molecule has 0 aromatic carbocycles. The number of rotatable bonds is 4. The van der Waals surface area contributed by atoms with Gasteiger partial charge in [0.25, 0.3) is 0 Å². The molecule has 76 valence electrons. The predicted molar refractivity (Wildman–Crippen MR) is 51.5 cm³/mol. The van der Waals surface area contributed by atoms with Gasteiger partial charge in [0.1, 0.15) is 12.1 Å². The molecule has 0 spiro atoms. The Morgan fingerprint density at radius 2 is 2.15 bits per heavy atom. The second-order valence-corrected chi connectivity index (χ2v) is 3.59. The highest BCUT2D eigenvalue weighted by molar-refractivity contribution is 5.75. The van der Waals surface area contributed by atoms with Crippen LogP contribution in [0.25, 0.3) is 0 Å². The van der Waals surface area contributed by atoms with Crippen molar-refractivity contribution in [1.82, 2.24) is 5.32 Å². The van der Waals surface area contributed by atoms with Crippen molar-refractivity contribution in [2.75, 3.05) is 7.05 Å². The molecular formula is C10H19NO2. The standard InChI is InChI=1S/C10H19NO2/c1-3-9(11-2)10(12)13-8-6-4-5-7-8/h8-9,11H,3-7H2,1-2H3. The van der Waals surface area contributed by atoms with Crippen LogP contribution in [0.15, 0.2) is 0 Å². The van der Waals surface area contributed by atoms with Crippen LogP contribution in [0.4, 0.5) is 0 Å². The van der Waals surface area contributed by atoms with E-state index < -0.39 is 0 Å². The van der Waals surface area contributed by atoms with E-state index in [0.717, 1.165) is 19.3 Å². The summed E-state index contributed by atoms with van der Waals surface area (Å²) in [6.07, 6.45) is 5.48. The molecule has 1 N–H and O–H groups in total. The first-order chi connectivity index (χ1) is 6.27. The minimum Gasteiger partial charge on any atom is -0.461 e. The number of hydrogen-bond donors (Lipinski definition) is 1. The van der Waals surface area contributed by atoms with Crippen LogP contribution in [0, 0.1) is 0 Å². The summed E-state index contributed by atoms with van der Waals surface area (Å²) in [6, 6.07) is -0.124. The van der Waals surface area contributed by atoms with E-state index in [2.05, 4.69) is 5.32 Å². The third kappa shape index (κ3) is 2.99. The van der Waals surface area contributed by atoms with Gasteiger partial charge in [0.05, 0.1) is 0 Å². The zero-order valence-corrected chi connectivity index (χ0v) is 8.51. The Balaban J connectivity index is 2.29. The van der Waals surface area contributed by atoms with Crippen LogP contribution in [-0.4, -0.2) is 25.2 Å². The van der Waals surface area contributed by atoms with Crippen molar-refractivity contribution < 1.29 is 9.53 Å². The number of hydrogen-bond acceptors (Lipinski definition) is 3. The zero-order chi connectivity index (χ0) is 9.68. The minimum absolute atomic E-state index is 0.0862. The van der Waals surface area contributed by atoms with E-state index >= 15 is 0 Å². The first-order valence-electron chi connectivity index (χ1n) is 5.15. The monoisotopic (exact) mass is 185 g/mol. The Labute approximate surface area is 79.8 Å². The fraction of sp³-hybridized carbons (Fsp3) is 0.900. The Kier molecular flexibility index (Phi) is 4.22. The Morgan fingerprint density at radius 3 is 2.62 bits per heavy atom. The molecule has 0 heterocycles. The van der Waals surface area contributed by atoms with Crippen LogP contribution in [0.3, 0.4) is 0 Å². The van der Waals surface area contributed by atoms with Gasteiger partial charge in [0.2, 0.25) is 0 Å². The molecule has 1 atom stereocenters. The van der Waals surface area contributed by atoms with Gasteiger partial charge in [-0.2, -0.15) is 0 Å². The highest BCUT2D eigenvalue weighted by Crippen LogP contribution is 2.21. The third-order valence-electron chi connectivity index (χ3n) is 2.63. The Hall–Kier alpha value is -0.570. The average Bonchev–Trinajstić information content (AvgIpc) is 2.59. The Bertz CT molecular complexity index is 160. The molecule has 3 nitrogen and oxygen atoms in total. The van der Waals surface area contributed by atoms with Gasteiger partial charge in [-0.3, -0.25) is 4.79 Å². The molecular weight excluding hydrogens is 166 g/mol. The fourth-order valence-corrected chi connectivity index (χ4v) is 1.74. The maximum absolute atomic E-state index is 11.5. The van der Waals surface area contributed by atoms with Gasteiger partial charge < -0.3 is 10.1 Å². The summed E-state index contributed by atoms with van der Waals surface area (Å²) in [7, 11) is 1.80. The summed E-state index contributed by atoms with van der Waals surface area (Å²) in [4.78, 5) is 11.5. The SMILES string of the molecule is CCC(NC)C(=O)OC1CCCC1. The number of carbonyl (C=O) groups is 1. The summed E-state index contributed by atoms with van der Waals surface area (Å²) >= 11 is 0. The molecule has 0 aliphatic heterocycles. The van der Waals surface area contributed by atoms with E-state index in [4.69, 9.17) is 4.74 Å². The summed E-state index contributed by atoms with van der Waals surface area (Å²) in [5.74, 6) is -0.0862. The second kappa shape index (κ2) is 5.22. The lowest BCUT2D eigenvalue weighted by Crippen LogP contribution is -2.36. The number of ether oxygens (including phenoxy) is 1. The van der Waals surface area contributed by atoms with Crippen molar-refractivity contribution in [3.63, 3.8) is 0 Å². The number of carbonyl (C=O) groups excluding carboxylic acids is 1. The normalized spacial score (nSPS) is 20.2. The molecule has 13 heavy (non-hydrogen) atoms. The maximum atomic E-state index is 11.5. The van der Waals surface area contributed by atoms with Gasteiger partial charge in [0.15, 0.2) is 0 Å². The van der Waals surface area contributed by atoms with E-state index in [9.17, 15) is 4.79 Å². The highest BCUT2D eigenvalue weighted by atomic mass is 16.5. The minimum atomic E-state index is -0.124. The molecule has 0 radical (unpaired) electrons. The van der Waals surface area contributed by atoms with Crippen LogP contribution in [-0.2, 0) is 9.53 Å². The lowest BCUT2D eigenvalue weighted by atomic mass is 10.2. The molecule has 0 saturated heterocycles. The fourth-order valence-electron chi connectivity index (χ4n) is 1.74. The number of likely N-dealkylation sites (N-methyl/N-ethyl adjacent to an activating group) is 1. The van der Waals surface area contributed by atoms with E-state index in [1.54, 1.807) is 7.05 Å². The maximum Gasteiger partial charge on any atom is 0.323 e. The quantitative estimate of drug-likeness (QED) is 0.674. The van der Waals surface area contributed by atoms with Crippen molar-refractivity contribution >= 4 is 5.97 Å². The van der Waals surface area contributed by atoms with Crippen molar-refractivity contribution in [3.05, 3.63) is 0 Å². The molecule has 0 bridgehead atoms. The molecule has 1 rings (SSSR count). The van der Waals surface area contributed by atoms with Crippen LogP contribution in [0.2, 0.25) is 0 Å². The first kappa shape index (κ1) is 10.5. The molecule has 0 amide bonds. The van der Waals surface area contributed by atoms with Gasteiger partial charge in [-0.25, -0.2) is 0 Å². The van der Waals surface area contributed by atoms with Gasteiger partial charge in [0, 0.05) is 0 Å². The predicted octanol–water partition coefficient (Wildman–Crippen LogP) is 1.47. The molecule has 3 heteroatoms. The number of esters is 1. The van der Waals surface area contributed by atoms with Crippen LogP contribution in [0.5, 0.6) is 0 Å². The van der Waals surface area contributed by atoms with Gasteiger partial charge >= 0.3 is 5.97 Å². The van der Waals surface area contributed by atoms with Crippen molar-refractivity contribution in [1.29, 1.82) is 0 Å². The molecule has 1 aliphatic carbocycles. The van der Waals surface area contributed by atoms with E-state index in [0.29, 0.717) is 0 Å². The topological polar surface area (TPSA) is 38.3 Å². The second-order valence-electron chi connectivity index (χ2n) is 3.59. The lowest BCUT2D eigenvalue weighted by molar-refractivity contribution is -0.151. The van der Waals surface area contributed by atoms with E-state index in [1.807, 2.05) is 6.92 Å². The van der Waals surface area contributed by atoms with Crippen LogP contribution >= 0.6 is 0 Å². The molecule has 1 fully saturated rings. The van der Waals surface area contributed by atoms with Crippen molar-refractivity contribution in [2.45, 2.75) is 51.2 Å².